The van der Waals surface area contributed by atoms with E-state index >= 15 is 0 Å². The monoisotopic (exact) mass is 323 g/mol. The summed E-state index contributed by atoms with van der Waals surface area (Å²) < 4.78 is 38.7. The third kappa shape index (κ3) is 6.64. The fourth-order valence-electron chi connectivity index (χ4n) is 2.53. The average Bonchev–Trinajstić information content (AvgIpc) is 2.33. The zero-order chi connectivity index (χ0) is 17.0. The molecule has 1 aliphatic rings. The Morgan fingerprint density at radius 1 is 1.09 bits per heavy atom. The SMILES string of the molecule is CC(C)(C)NC(=O)NC(=O)CN[C@@H]1CCCC[C@H]1C(F)(F)F. The summed E-state index contributed by atoms with van der Waals surface area (Å²) >= 11 is 0. The molecule has 0 spiro atoms. The van der Waals surface area contributed by atoms with Crippen LogP contribution in [0.2, 0.25) is 0 Å². The number of imide groups is 1. The third-order valence-electron chi connectivity index (χ3n) is 3.45. The molecule has 128 valence electrons. The normalized spacial score (nSPS) is 23.0. The molecular formula is C14H24F3N3O2. The van der Waals surface area contributed by atoms with Gasteiger partial charge in [-0.1, -0.05) is 12.8 Å². The maximum atomic E-state index is 12.9. The quantitative estimate of drug-likeness (QED) is 0.746. The van der Waals surface area contributed by atoms with Crippen molar-refractivity contribution in [3.8, 4) is 0 Å². The Bertz CT molecular complexity index is 405. The molecule has 3 amide bonds. The van der Waals surface area contributed by atoms with Gasteiger partial charge in [-0.2, -0.15) is 13.2 Å². The molecule has 3 N–H and O–H groups in total. The number of carbonyl (C=O) groups is 2. The average molecular weight is 323 g/mol. The van der Waals surface area contributed by atoms with Crippen LogP contribution in [0.3, 0.4) is 0 Å². The molecule has 1 saturated carbocycles. The second kappa shape index (κ2) is 7.30. The van der Waals surface area contributed by atoms with Crippen molar-refractivity contribution < 1.29 is 22.8 Å². The number of nitrogens with one attached hydrogen (secondary N) is 3. The van der Waals surface area contributed by atoms with Gasteiger partial charge >= 0.3 is 12.2 Å². The van der Waals surface area contributed by atoms with Crippen LogP contribution in [0.5, 0.6) is 0 Å². The first kappa shape index (κ1) is 18.7. The van der Waals surface area contributed by atoms with Gasteiger partial charge in [0, 0.05) is 11.6 Å². The first-order chi connectivity index (χ1) is 9.99. The minimum absolute atomic E-state index is 0.0767. The molecular weight excluding hydrogens is 299 g/mol. The molecule has 0 saturated heterocycles. The minimum atomic E-state index is -4.27. The van der Waals surface area contributed by atoms with Crippen LogP contribution in [0, 0.1) is 5.92 Å². The molecule has 0 aromatic rings. The van der Waals surface area contributed by atoms with Crippen molar-refractivity contribution in [3.63, 3.8) is 0 Å². The second-order valence-electron chi connectivity index (χ2n) is 6.67. The molecule has 0 aromatic heterocycles. The van der Waals surface area contributed by atoms with E-state index in [1.165, 1.54) is 0 Å². The zero-order valence-corrected chi connectivity index (χ0v) is 13.1. The topological polar surface area (TPSA) is 70.2 Å². The Morgan fingerprint density at radius 3 is 2.23 bits per heavy atom. The van der Waals surface area contributed by atoms with E-state index in [0.717, 1.165) is 0 Å². The second-order valence-corrected chi connectivity index (χ2v) is 6.67. The number of hydrogen-bond acceptors (Lipinski definition) is 3. The van der Waals surface area contributed by atoms with Crippen LogP contribution < -0.4 is 16.0 Å². The molecule has 0 aliphatic heterocycles. The van der Waals surface area contributed by atoms with Crippen molar-refractivity contribution in [2.45, 2.75) is 64.2 Å². The number of urea groups is 1. The summed E-state index contributed by atoms with van der Waals surface area (Å²) in [4.78, 5) is 23.1. The van der Waals surface area contributed by atoms with Gasteiger partial charge in [-0.25, -0.2) is 4.79 Å². The number of hydrogen-bond donors (Lipinski definition) is 3. The Balaban J connectivity index is 2.44. The first-order valence-corrected chi connectivity index (χ1v) is 7.41. The number of rotatable bonds is 3. The minimum Gasteiger partial charge on any atom is -0.333 e. The summed E-state index contributed by atoms with van der Waals surface area (Å²) in [6.07, 6.45) is -2.56. The van der Waals surface area contributed by atoms with Crippen molar-refractivity contribution in [1.82, 2.24) is 16.0 Å². The standard InChI is InChI=1S/C14H24F3N3O2/c1-13(2,3)20-12(22)19-11(21)8-18-10-7-5-4-6-9(10)14(15,16)17/h9-10,18H,4-8H2,1-3H3,(H2,19,20,21,22)/t9-,10-/m1/s1. The molecule has 1 aliphatic carbocycles. The van der Waals surface area contributed by atoms with E-state index in [0.29, 0.717) is 19.3 Å². The van der Waals surface area contributed by atoms with E-state index < -0.39 is 35.6 Å². The van der Waals surface area contributed by atoms with Crippen LogP contribution in [-0.4, -0.2) is 36.2 Å². The van der Waals surface area contributed by atoms with Crippen molar-refractivity contribution in [3.05, 3.63) is 0 Å². The molecule has 0 heterocycles. The predicted octanol–water partition coefficient (Wildman–Crippen LogP) is 2.32. The number of alkyl halides is 3. The van der Waals surface area contributed by atoms with Crippen LogP contribution >= 0.6 is 0 Å². The van der Waals surface area contributed by atoms with E-state index in [4.69, 9.17) is 0 Å². The van der Waals surface area contributed by atoms with Crippen LogP contribution in [0.1, 0.15) is 46.5 Å². The van der Waals surface area contributed by atoms with Gasteiger partial charge in [0.2, 0.25) is 5.91 Å². The maximum Gasteiger partial charge on any atom is 0.393 e. The highest BCUT2D eigenvalue weighted by molar-refractivity contribution is 5.95. The smallest absolute Gasteiger partial charge is 0.333 e. The molecule has 8 heteroatoms. The number of halogens is 3. The van der Waals surface area contributed by atoms with Crippen molar-refractivity contribution >= 4 is 11.9 Å². The lowest BCUT2D eigenvalue weighted by Gasteiger charge is -2.33. The highest BCUT2D eigenvalue weighted by Gasteiger charge is 2.45. The molecule has 2 atom stereocenters. The third-order valence-corrected chi connectivity index (χ3v) is 3.45. The van der Waals surface area contributed by atoms with Gasteiger partial charge < -0.3 is 10.6 Å². The Kier molecular flexibility index (Phi) is 6.22. The van der Waals surface area contributed by atoms with Gasteiger partial charge in [-0.3, -0.25) is 10.1 Å². The molecule has 0 unspecified atom stereocenters. The Hall–Kier alpha value is -1.31. The molecule has 5 nitrogen and oxygen atoms in total. The molecule has 0 bridgehead atoms. The van der Waals surface area contributed by atoms with Gasteiger partial charge in [-0.15, -0.1) is 0 Å². The molecule has 1 rings (SSSR count). The number of carbonyl (C=O) groups excluding carboxylic acids is 2. The molecule has 0 radical (unpaired) electrons. The lowest BCUT2D eigenvalue weighted by atomic mass is 9.84. The van der Waals surface area contributed by atoms with E-state index in [1.54, 1.807) is 20.8 Å². The molecule has 0 aromatic carbocycles. The summed E-state index contributed by atoms with van der Waals surface area (Å²) in [5, 5.41) is 7.27. The summed E-state index contributed by atoms with van der Waals surface area (Å²) in [7, 11) is 0. The highest BCUT2D eigenvalue weighted by atomic mass is 19.4. The van der Waals surface area contributed by atoms with Crippen LogP contribution in [-0.2, 0) is 4.79 Å². The van der Waals surface area contributed by atoms with Crippen molar-refractivity contribution in [2.24, 2.45) is 5.92 Å². The van der Waals surface area contributed by atoms with E-state index in [9.17, 15) is 22.8 Å². The van der Waals surface area contributed by atoms with E-state index in [2.05, 4.69) is 16.0 Å². The summed E-state index contributed by atoms with van der Waals surface area (Å²) in [6.45, 7) is 4.95. The largest absolute Gasteiger partial charge is 0.393 e. The number of amides is 3. The lowest BCUT2D eigenvalue weighted by Crippen LogP contribution is -2.52. The molecule has 1 fully saturated rings. The zero-order valence-electron chi connectivity index (χ0n) is 13.1. The van der Waals surface area contributed by atoms with Crippen LogP contribution in [0.4, 0.5) is 18.0 Å². The lowest BCUT2D eigenvalue weighted by molar-refractivity contribution is -0.189. The fraction of sp³-hybridized carbons (Fsp3) is 0.857. The van der Waals surface area contributed by atoms with E-state index in [-0.39, 0.29) is 13.0 Å². The van der Waals surface area contributed by atoms with Gasteiger partial charge in [0.25, 0.3) is 0 Å². The van der Waals surface area contributed by atoms with Crippen molar-refractivity contribution in [1.29, 1.82) is 0 Å². The highest BCUT2D eigenvalue weighted by Crippen LogP contribution is 2.37. The van der Waals surface area contributed by atoms with Gasteiger partial charge in [-0.05, 0) is 33.6 Å². The fourth-order valence-corrected chi connectivity index (χ4v) is 2.53. The maximum absolute atomic E-state index is 12.9. The Labute approximate surface area is 128 Å². The molecule has 22 heavy (non-hydrogen) atoms. The van der Waals surface area contributed by atoms with Crippen molar-refractivity contribution in [2.75, 3.05) is 6.54 Å². The van der Waals surface area contributed by atoms with Crippen LogP contribution in [0.25, 0.3) is 0 Å². The first-order valence-electron chi connectivity index (χ1n) is 7.41. The summed E-state index contributed by atoms with van der Waals surface area (Å²) in [5.74, 6) is -2.08. The van der Waals surface area contributed by atoms with E-state index in [1.807, 2.05) is 0 Å². The van der Waals surface area contributed by atoms with Crippen LogP contribution in [0.15, 0.2) is 0 Å². The van der Waals surface area contributed by atoms with Gasteiger partial charge in [0.15, 0.2) is 0 Å². The summed E-state index contributed by atoms with van der Waals surface area (Å²) in [5.41, 5.74) is -0.497. The summed E-state index contributed by atoms with van der Waals surface area (Å²) in [6, 6.07) is -1.43. The predicted molar refractivity (Wildman–Crippen MR) is 76.2 cm³/mol. The van der Waals surface area contributed by atoms with Gasteiger partial charge in [0.1, 0.15) is 0 Å². The van der Waals surface area contributed by atoms with Gasteiger partial charge in [0.05, 0.1) is 12.5 Å². The Morgan fingerprint density at radius 2 is 1.68 bits per heavy atom.